The van der Waals surface area contributed by atoms with E-state index in [1.165, 1.54) is 0 Å². The lowest BCUT2D eigenvalue weighted by Crippen LogP contribution is -2.03. The minimum Gasteiger partial charge on any atom is -0.398 e. The van der Waals surface area contributed by atoms with Gasteiger partial charge in [-0.3, -0.25) is 0 Å². The predicted molar refractivity (Wildman–Crippen MR) is 76.4 cm³/mol. The van der Waals surface area contributed by atoms with Crippen molar-refractivity contribution in [2.24, 2.45) is 0 Å². The highest BCUT2D eigenvalue weighted by molar-refractivity contribution is 6.42. The van der Waals surface area contributed by atoms with E-state index in [4.69, 9.17) is 40.5 Å². The summed E-state index contributed by atoms with van der Waals surface area (Å²) >= 11 is 17.6. The van der Waals surface area contributed by atoms with Crippen LogP contribution >= 0.6 is 34.8 Å². The Bertz CT molecular complexity index is 586. The lowest BCUT2D eigenvalue weighted by molar-refractivity contribution is 0.221. The third-order valence-electron chi connectivity index (χ3n) is 2.60. The van der Waals surface area contributed by atoms with E-state index >= 15 is 0 Å². The van der Waals surface area contributed by atoms with Gasteiger partial charge in [-0.15, -0.1) is 0 Å². The first-order valence-corrected chi connectivity index (χ1v) is 6.30. The van der Waals surface area contributed by atoms with E-state index in [-0.39, 0.29) is 0 Å². The zero-order chi connectivity index (χ0) is 13.3. The van der Waals surface area contributed by atoms with Gasteiger partial charge < -0.3 is 10.8 Å². The SMILES string of the molecule is Nc1ccc(Cl)cc1C(O)c1ccc(Cl)c(Cl)c1. The summed E-state index contributed by atoms with van der Waals surface area (Å²) in [5.41, 5.74) is 7.44. The maximum atomic E-state index is 10.3. The molecule has 0 spiro atoms. The number of aliphatic hydroxyl groups is 1. The van der Waals surface area contributed by atoms with Gasteiger partial charge in [0.2, 0.25) is 0 Å². The van der Waals surface area contributed by atoms with Crippen LogP contribution in [0.3, 0.4) is 0 Å². The summed E-state index contributed by atoms with van der Waals surface area (Å²) in [5.74, 6) is 0. The largest absolute Gasteiger partial charge is 0.398 e. The van der Waals surface area contributed by atoms with Crippen LogP contribution in [0.15, 0.2) is 36.4 Å². The molecule has 2 aromatic rings. The van der Waals surface area contributed by atoms with Crippen LogP contribution in [0.1, 0.15) is 17.2 Å². The number of halogens is 3. The quantitative estimate of drug-likeness (QED) is 0.812. The Morgan fingerprint density at radius 1 is 0.944 bits per heavy atom. The molecule has 0 aliphatic rings. The first-order valence-electron chi connectivity index (χ1n) is 5.17. The van der Waals surface area contributed by atoms with Crippen LogP contribution in [-0.4, -0.2) is 5.11 Å². The Morgan fingerprint density at radius 2 is 1.67 bits per heavy atom. The summed E-state index contributed by atoms with van der Waals surface area (Å²) < 4.78 is 0. The van der Waals surface area contributed by atoms with Crippen molar-refractivity contribution in [2.75, 3.05) is 5.73 Å². The maximum Gasteiger partial charge on any atom is 0.106 e. The summed E-state index contributed by atoms with van der Waals surface area (Å²) in [6.07, 6.45) is -0.890. The van der Waals surface area contributed by atoms with Gasteiger partial charge in [-0.1, -0.05) is 40.9 Å². The molecule has 1 atom stereocenters. The Hall–Kier alpha value is -0.930. The molecule has 0 aliphatic carbocycles. The van der Waals surface area contributed by atoms with Crippen LogP contribution in [0.5, 0.6) is 0 Å². The standard InChI is InChI=1S/C13H10Cl3NO/c14-8-2-4-12(17)9(6-8)13(18)7-1-3-10(15)11(16)5-7/h1-6,13,18H,17H2. The molecule has 0 amide bonds. The summed E-state index contributed by atoms with van der Waals surface area (Å²) in [7, 11) is 0. The molecule has 0 bridgehead atoms. The zero-order valence-corrected chi connectivity index (χ0v) is 11.5. The molecular weight excluding hydrogens is 293 g/mol. The number of rotatable bonds is 2. The Kier molecular flexibility index (Phi) is 4.03. The van der Waals surface area contributed by atoms with Crippen molar-refractivity contribution in [1.82, 2.24) is 0 Å². The van der Waals surface area contributed by atoms with Gasteiger partial charge in [-0.05, 0) is 35.9 Å². The second-order valence-electron chi connectivity index (χ2n) is 3.85. The van der Waals surface area contributed by atoms with Gasteiger partial charge in [-0.25, -0.2) is 0 Å². The Morgan fingerprint density at radius 3 is 2.33 bits per heavy atom. The monoisotopic (exact) mass is 301 g/mol. The first kappa shape index (κ1) is 13.5. The first-order chi connectivity index (χ1) is 8.49. The number of hydrogen-bond donors (Lipinski definition) is 2. The fourth-order valence-electron chi connectivity index (χ4n) is 1.64. The van der Waals surface area contributed by atoms with Crippen molar-refractivity contribution < 1.29 is 5.11 Å². The number of nitrogens with two attached hydrogens (primary N) is 1. The average Bonchev–Trinajstić information content (AvgIpc) is 2.35. The second kappa shape index (κ2) is 5.37. The fourth-order valence-corrected chi connectivity index (χ4v) is 2.13. The normalized spacial score (nSPS) is 12.4. The fraction of sp³-hybridized carbons (Fsp3) is 0.0769. The summed E-state index contributed by atoms with van der Waals surface area (Å²) in [6, 6.07) is 9.88. The highest BCUT2D eigenvalue weighted by Crippen LogP contribution is 2.32. The minimum absolute atomic E-state index is 0.383. The Balaban J connectivity index is 2.44. The summed E-state index contributed by atoms with van der Waals surface area (Å²) in [5, 5.41) is 11.6. The number of hydrogen-bond acceptors (Lipinski definition) is 2. The van der Waals surface area contributed by atoms with Crippen molar-refractivity contribution in [1.29, 1.82) is 0 Å². The van der Waals surface area contributed by atoms with Crippen LogP contribution in [-0.2, 0) is 0 Å². The number of benzene rings is 2. The van der Waals surface area contributed by atoms with E-state index in [1.807, 2.05) is 0 Å². The van der Waals surface area contributed by atoms with Crippen molar-refractivity contribution in [3.63, 3.8) is 0 Å². The topological polar surface area (TPSA) is 46.2 Å². The summed E-state index contributed by atoms with van der Waals surface area (Å²) in [6.45, 7) is 0. The molecule has 0 saturated carbocycles. The number of nitrogen functional groups attached to an aromatic ring is 1. The van der Waals surface area contributed by atoms with Gasteiger partial charge in [0.1, 0.15) is 6.10 Å². The number of anilines is 1. The van der Waals surface area contributed by atoms with Crippen molar-refractivity contribution >= 4 is 40.5 Å². The van der Waals surface area contributed by atoms with Crippen molar-refractivity contribution in [3.8, 4) is 0 Å². The maximum absolute atomic E-state index is 10.3. The van der Waals surface area contributed by atoms with Crippen LogP contribution in [0.2, 0.25) is 15.1 Å². The van der Waals surface area contributed by atoms with Crippen LogP contribution in [0.4, 0.5) is 5.69 Å². The van der Waals surface area contributed by atoms with E-state index < -0.39 is 6.10 Å². The smallest absolute Gasteiger partial charge is 0.106 e. The molecule has 2 nitrogen and oxygen atoms in total. The van der Waals surface area contributed by atoms with Crippen LogP contribution < -0.4 is 5.73 Å². The molecule has 2 aromatic carbocycles. The lowest BCUT2D eigenvalue weighted by atomic mass is 10.0. The molecule has 0 aliphatic heterocycles. The highest BCUT2D eigenvalue weighted by Gasteiger charge is 2.15. The van der Waals surface area contributed by atoms with E-state index in [0.29, 0.717) is 31.9 Å². The van der Waals surface area contributed by atoms with Crippen molar-refractivity contribution in [3.05, 3.63) is 62.6 Å². The van der Waals surface area contributed by atoms with E-state index in [9.17, 15) is 5.11 Å². The highest BCUT2D eigenvalue weighted by atomic mass is 35.5. The van der Waals surface area contributed by atoms with Gasteiger partial charge in [0.25, 0.3) is 0 Å². The molecule has 0 radical (unpaired) electrons. The van der Waals surface area contributed by atoms with Crippen LogP contribution in [0.25, 0.3) is 0 Å². The average molecular weight is 303 g/mol. The molecule has 5 heteroatoms. The zero-order valence-electron chi connectivity index (χ0n) is 9.20. The molecule has 2 rings (SSSR count). The third kappa shape index (κ3) is 2.73. The van der Waals surface area contributed by atoms with Gasteiger partial charge in [0, 0.05) is 16.3 Å². The minimum atomic E-state index is -0.890. The molecule has 1 unspecified atom stereocenters. The van der Waals surface area contributed by atoms with E-state index in [0.717, 1.165) is 0 Å². The number of aliphatic hydroxyl groups excluding tert-OH is 1. The molecule has 0 aromatic heterocycles. The molecule has 3 N–H and O–H groups in total. The second-order valence-corrected chi connectivity index (χ2v) is 5.10. The molecule has 0 fully saturated rings. The third-order valence-corrected chi connectivity index (χ3v) is 3.58. The van der Waals surface area contributed by atoms with E-state index in [1.54, 1.807) is 36.4 Å². The van der Waals surface area contributed by atoms with Gasteiger partial charge >= 0.3 is 0 Å². The molecular formula is C13H10Cl3NO. The van der Waals surface area contributed by atoms with Gasteiger partial charge in [0.15, 0.2) is 0 Å². The lowest BCUT2D eigenvalue weighted by Gasteiger charge is -2.14. The molecule has 94 valence electrons. The van der Waals surface area contributed by atoms with E-state index in [2.05, 4.69) is 0 Å². The summed E-state index contributed by atoms with van der Waals surface area (Å²) in [4.78, 5) is 0. The molecule has 0 saturated heterocycles. The Labute approximate surface area is 120 Å². The van der Waals surface area contributed by atoms with Crippen LogP contribution in [0, 0.1) is 0 Å². The van der Waals surface area contributed by atoms with Crippen molar-refractivity contribution in [2.45, 2.75) is 6.10 Å². The predicted octanol–water partition coefficient (Wildman–Crippen LogP) is 4.31. The molecule has 0 heterocycles. The molecule has 18 heavy (non-hydrogen) atoms. The van der Waals surface area contributed by atoms with Gasteiger partial charge in [-0.2, -0.15) is 0 Å². The van der Waals surface area contributed by atoms with Gasteiger partial charge in [0.05, 0.1) is 10.0 Å².